The molecule has 0 aliphatic rings. The fourth-order valence-corrected chi connectivity index (χ4v) is 2.24. The van der Waals surface area contributed by atoms with Crippen molar-refractivity contribution in [1.29, 1.82) is 0 Å². The molecule has 0 saturated carbocycles. The first-order valence-electron chi connectivity index (χ1n) is 13.4. The van der Waals surface area contributed by atoms with Crippen LogP contribution in [0.15, 0.2) is 30.3 Å². The molecular formula is C29H60N2O4. The summed E-state index contributed by atoms with van der Waals surface area (Å²) in [4.78, 5) is 33.4. The van der Waals surface area contributed by atoms with Crippen LogP contribution in [0.3, 0.4) is 0 Å². The van der Waals surface area contributed by atoms with E-state index in [-0.39, 0.29) is 11.8 Å². The molecule has 0 aliphatic heterocycles. The average Bonchev–Trinajstić information content (AvgIpc) is 2.93. The molecule has 0 aromatic heterocycles. The van der Waals surface area contributed by atoms with Gasteiger partial charge in [-0.3, -0.25) is 9.69 Å². The number of Topliss-reactive ketones (excluding diaryl/α,β-unsaturated/α-hetero) is 2. The zero-order valence-corrected chi connectivity index (χ0v) is 25.7. The highest BCUT2D eigenvalue weighted by Gasteiger charge is 2.15. The molecule has 1 aromatic rings. The van der Waals surface area contributed by atoms with Gasteiger partial charge in [0.15, 0.2) is 0 Å². The van der Waals surface area contributed by atoms with Gasteiger partial charge in [0.25, 0.3) is 0 Å². The number of likely N-dealkylation sites (N-methyl/N-ethyl adjacent to an activating group) is 1. The Morgan fingerprint density at radius 1 is 0.857 bits per heavy atom. The smallest absolute Gasteiger partial charge is 0.404 e. The van der Waals surface area contributed by atoms with Crippen molar-refractivity contribution >= 4 is 17.7 Å². The van der Waals surface area contributed by atoms with Crippen LogP contribution in [0.5, 0.6) is 0 Å². The largest absolute Gasteiger partial charge is 0.453 e. The van der Waals surface area contributed by atoms with E-state index in [0.29, 0.717) is 18.6 Å². The zero-order valence-electron chi connectivity index (χ0n) is 25.7. The third-order valence-electron chi connectivity index (χ3n) is 3.98. The Balaban J connectivity index is -0.0000000819. The number of aryl methyl sites for hydroxylation is 1. The van der Waals surface area contributed by atoms with Crippen LogP contribution in [0.25, 0.3) is 0 Å². The van der Waals surface area contributed by atoms with Gasteiger partial charge in [-0.1, -0.05) is 106 Å². The van der Waals surface area contributed by atoms with Gasteiger partial charge in [0.1, 0.15) is 11.6 Å². The maximum Gasteiger partial charge on any atom is 0.404 e. The van der Waals surface area contributed by atoms with Crippen molar-refractivity contribution in [3.63, 3.8) is 0 Å². The summed E-state index contributed by atoms with van der Waals surface area (Å²) in [6.45, 7) is 27.6. The SMILES string of the molecule is CC.CC.CC.CC.CC(=O)CCc1ccccc1.CCC(=O)C(C)N(CC)CC.COC(N)=O. The van der Waals surface area contributed by atoms with Crippen LogP contribution in [-0.4, -0.2) is 48.8 Å². The summed E-state index contributed by atoms with van der Waals surface area (Å²) in [6, 6.07) is 10.2. The van der Waals surface area contributed by atoms with E-state index in [4.69, 9.17) is 0 Å². The van der Waals surface area contributed by atoms with Crippen molar-refractivity contribution in [2.45, 2.75) is 115 Å². The Morgan fingerprint density at radius 2 is 1.23 bits per heavy atom. The minimum absolute atomic E-state index is 0.106. The standard InChI is InChI=1S/C10H12O.C9H19NO.C2H5NO2.4C2H6/c1-9(11)7-8-10-5-3-2-4-6-10;1-5-9(11)8(4)10(6-2)7-3;1-5-2(3)4;4*1-2/h2-6H,7-8H2,1H3;8H,5-7H2,1-4H3;1H3,(H2,3,4);4*1-2H3. The third kappa shape index (κ3) is 39.3. The topological polar surface area (TPSA) is 89.7 Å². The van der Waals surface area contributed by atoms with E-state index in [1.54, 1.807) is 6.92 Å². The predicted molar refractivity (Wildman–Crippen MR) is 155 cm³/mol. The number of benzene rings is 1. The molecule has 2 N–H and O–H groups in total. The van der Waals surface area contributed by atoms with Gasteiger partial charge in [-0.2, -0.15) is 0 Å². The summed E-state index contributed by atoms with van der Waals surface area (Å²) in [5.41, 5.74) is 5.67. The molecule has 0 aliphatic carbocycles. The molecule has 35 heavy (non-hydrogen) atoms. The first-order chi connectivity index (χ1) is 16.7. The number of nitrogens with two attached hydrogens (primary N) is 1. The van der Waals surface area contributed by atoms with Crippen molar-refractivity contribution in [2.24, 2.45) is 5.73 Å². The molecular weight excluding hydrogens is 440 g/mol. The molecule has 1 unspecified atom stereocenters. The van der Waals surface area contributed by atoms with Gasteiger partial charge in [-0.25, -0.2) is 4.79 Å². The fourth-order valence-electron chi connectivity index (χ4n) is 2.24. The Labute approximate surface area is 219 Å². The van der Waals surface area contributed by atoms with Crippen molar-refractivity contribution in [1.82, 2.24) is 4.90 Å². The van der Waals surface area contributed by atoms with Gasteiger partial charge in [-0.05, 0) is 38.9 Å². The average molecular weight is 501 g/mol. The number of ketones is 2. The maximum atomic E-state index is 11.2. The Hall–Kier alpha value is -2.21. The van der Waals surface area contributed by atoms with Crippen molar-refractivity contribution < 1.29 is 19.1 Å². The molecule has 0 saturated heterocycles. The molecule has 6 nitrogen and oxygen atoms in total. The predicted octanol–water partition coefficient (Wildman–Crippen LogP) is 7.72. The molecule has 210 valence electrons. The molecule has 0 heterocycles. The number of rotatable bonds is 8. The lowest BCUT2D eigenvalue weighted by atomic mass is 10.1. The summed E-state index contributed by atoms with van der Waals surface area (Å²) in [5.74, 6) is 0.600. The number of nitrogens with zero attached hydrogens (tertiary/aromatic N) is 1. The van der Waals surface area contributed by atoms with Gasteiger partial charge in [-0.15, -0.1) is 0 Å². The van der Waals surface area contributed by atoms with Crippen LogP contribution >= 0.6 is 0 Å². The molecule has 1 rings (SSSR count). The van der Waals surface area contributed by atoms with E-state index in [1.165, 1.54) is 12.7 Å². The highest BCUT2D eigenvalue weighted by Crippen LogP contribution is 2.02. The second-order valence-electron chi connectivity index (χ2n) is 5.93. The van der Waals surface area contributed by atoms with Gasteiger partial charge in [0.05, 0.1) is 13.2 Å². The lowest BCUT2D eigenvalue weighted by molar-refractivity contribution is -0.123. The van der Waals surface area contributed by atoms with Crippen molar-refractivity contribution in [3.05, 3.63) is 35.9 Å². The fraction of sp³-hybridized carbons (Fsp3) is 0.690. The number of hydrogen-bond donors (Lipinski definition) is 1. The summed E-state index contributed by atoms with van der Waals surface area (Å²) < 4.78 is 3.89. The second kappa shape index (κ2) is 42.0. The van der Waals surface area contributed by atoms with Crippen LogP contribution in [0, 0.1) is 0 Å². The Kier molecular flexibility index (Phi) is 55.4. The summed E-state index contributed by atoms with van der Waals surface area (Å²) in [6.07, 6.45) is 1.43. The van der Waals surface area contributed by atoms with Crippen LogP contribution in [0.4, 0.5) is 4.79 Å². The van der Waals surface area contributed by atoms with Crippen molar-refractivity contribution in [3.8, 4) is 0 Å². The molecule has 0 fully saturated rings. The normalized spacial score (nSPS) is 8.89. The Bertz CT molecular complexity index is 531. The molecule has 6 heteroatoms. The quantitative estimate of drug-likeness (QED) is 0.394. The monoisotopic (exact) mass is 500 g/mol. The van der Waals surface area contributed by atoms with Crippen LogP contribution in [0.1, 0.15) is 108 Å². The van der Waals surface area contributed by atoms with E-state index in [2.05, 4.69) is 29.2 Å². The van der Waals surface area contributed by atoms with E-state index < -0.39 is 6.09 Å². The highest BCUT2D eigenvalue weighted by atomic mass is 16.5. The lowest BCUT2D eigenvalue weighted by Gasteiger charge is -2.24. The van der Waals surface area contributed by atoms with Gasteiger partial charge in [0, 0.05) is 12.8 Å². The number of ether oxygens (including phenoxy) is 1. The number of amides is 1. The van der Waals surface area contributed by atoms with Crippen LogP contribution in [-0.2, 0) is 20.7 Å². The molecule has 1 aromatic carbocycles. The number of methoxy groups -OCH3 is 1. The lowest BCUT2D eigenvalue weighted by Crippen LogP contribution is -2.38. The molecule has 1 atom stereocenters. The summed E-state index contributed by atoms with van der Waals surface area (Å²) >= 11 is 0. The van der Waals surface area contributed by atoms with E-state index >= 15 is 0 Å². The van der Waals surface area contributed by atoms with Crippen molar-refractivity contribution in [2.75, 3.05) is 20.2 Å². The summed E-state index contributed by atoms with van der Waals surface area (Å²) in [5, 5.41) is 0. The maximum absolute atomic E-state index is 11.2. The van der Waals surface area contributed by atoms with E-state index in [9.17, 15) is 14.4 Å². The number of carbonyl (C=O) groups excluding carboxylic acids is 3. The van der Waals surface area contributed by atoms with E-state index in [1.807, 2.05) is 99.6 Å². The minimum Gasteiger partial charge on any atom is -0.453 e. The molecule has 0 radical (unpaired) electrons. The second-order valence-corrected chi connectivity index (χ2v) is 5.93. The van der Waals surface area contributed by atoms with Gasteiger partial charge < -0.3 is 15.3 Å². The van der Waals surface area contributed by atoms with Gasteiger partial charge >= 0.3 is 6.09 Å². The summed E-state index contributed by atoms with van der Waals surface area (Å²) in [7, 11) is 1.22. The number of primary amides is 1. The number of carbonyl (C=O) groups is 3. The molecule has 1 amide bonds. The third-order valence-corrected chi connectivity index (χ3v) is 3.98. The first kappa shape index (κ1) is 46.2. The highest BCUT2D eigenvalue weighted by molar-refractivity contribution is 5.83. The minimum atomic E-state index is -0.745. The van der Waals surface area contributed by atoms with Gasteiger partial charge in [0.2, 0.25) is 0 Å². The molecule has 0 spiro atoms. The Morgan fingerprint density at radius 3 is 1.49 bits per heavy atom. The van der Waals surface area contributed by atoms with Crippen LogP contribution in [0.2, 0.25) is 0 Å². The zero-order chi connectivity index (χ0) is 29.2. The number of hydrogen-bond acceptors (Lipinski definition) is 5. The first-order valence-corrected chi connectivity index (χ1v) is 13.4. The van der Waals surface area contributed by atoms with E-state index in [0.717, 1.165) is 19.5 Å². The van der Waals surface area contributed by atoms with Crippen LogP contribution < -0.4 is 5.73 Å². The molecule has 0 bridgehead atoms.